The molecule has 0 saturated carbocycles. The Labute approximate surface area is 199 Å². The summed E-state index contributed by atoms with van der Waals surface area (Å²) in [6.07, 6.45) is 5.01. The molecule has 2 atom stereocenters. The summed E-state index contributed by atoms with van der Waals surface area (Å²) in [6, 6.07) is 5.45. The fourth-order valence-electron chi connectivity index (χ4n) is 4.81. The third kappa shape index (κ3) is 5.39. The fraction of sp³-hybridized carbons (Fsp3) is 0.565. The Kier molecular flexibility index (Phi) is 7.48. The number of aromatic nitrogens is 2. The van der Waals surface area contributed by atoms with Gasteiger partial charge in [0.2, 0.25) is 5.95 Å². The van der Waals surface area contributed by atoms with Crippen LogP contribution in [0, 0.1) is 18.8 Å². The lowest BCUT2D eigenvalue weighted by atomic mass is 9.80. The van der Waals surface area contributed by atoms with E-state index < -0.39 is 0 Å². The Morgan fingerprint density at radius 3 is 2.61 bits per heavy atom. The van der Waals surface area contributed by atoms with Crippen molar-refractivity contribution in [1.29, 1.82) is 0 Å². The van der Waals surface area contributed by atoms with Gasteiger partial charge in [0.05, 0.1) is 11.7 Å². The molecule has 2 aromatic rings. The summed E-state index contributed by atoms with van der Waals surface area (Å²) in [5, 5.41) is 8.70. The number of nitrogens with zero attached hydrogens (tertiary/aromatic N) is 3. The van der Waals surface area contributed by atoms with Crippen molar-refractivity contribution in [2.75, 3.05) is 36.4 Å². The summed E-state index contributed by atoms with van der Waals surface area (Å²) in [5.41, 5.74) is 1.73. The van der Waals surface area contributed by atoms with Crippen molar-refractivity contribution >= 4 is 46.6 Å². The van der Waals surface area contributed by atoms with Crippen LogP contribution in [0.3, 0.4) is 0 Å². The van der Waals surface area contributed by atoms with Crippen molar-refractivity contribution in [1.82, 2.24) is 15.3 Å². The zero-order chi connectivity index (χ0) is 22.0. The van der Waals surface area contributed by atoms with E-state index in [1.807, 2.05) is 26.0 Å². The molecule has 31 heavy (non-hydrogen) atoms. The van der Waals surface area contributed by atoms with E-state index in [1.54, 1.807) is 6.07 Å². The van der Waals surface area contributed by atoms with Crippen molar-refractivity contribution in [3.05, 3.63) is 44.5 Å². The Morgan fingerprint density at radius 2 is 1.87 bits per heavy atom. The first kappa shape index (κ1) is 22.9. The molecule has 168 valence electrons. The fourth-order valence-corrected chi connectivity index (χ4v) is 5.52. The van der Waals surface area contributed by atoms with Gasteiger partial charge in [-0.3, -0.25) is 0 Å². The highest BCUT2D eigenvalue weighted by Crippen LogP contribution is 2.34. The van der Waals surface area contributed by atoms with Gasteiger partial charge in [0.25, 0.3) is 0 Å². The Morgan fingerprint density at radius 1 is 1.10 bits per heavy atom. The van der Waals surface area contributed by atoms with Crippen LogP contribution in [-0.2, 0) is 0 Å². The minimum Gasteiger partial charge on any atom is -0.362 e. The van der Waals surface area contributed by atoms with Crippen LogP contribution in [0.15, 0.2) is 18.2 Å². The van der Waals surface area contributed by atoms with Crippen LogP contribution in [-0.4, -0.2) is 36.1 Å². The first-order chi connectivity index (χ1) is 14.9. The normalized spacial score (nSPS) is 21.2. The molecule has 0 unspecified atom stereocenters. The molecule has 2 N–H and O–H groups in total. The lowest BCUT2D eigenvalue weighted by molar-refractivity contribution is 0.229. The van der Waals surface area contributed by atoms with Gasteiger partial charge in [-0.15, -0.1) is 0 Å². The smallest absolute Gasteiger partial charge is 0.227 e. The van der Waals surface area contributed by atoms with Gasteiger partial charge in [-0.1, -0.05) is 40.9 Å². The van der Waals surface area contributed by atoms with Gasteiger partial charge < -0.3 is 15.5 Å². The molecule has 0 amide bonds. The summed E-state index contributed by atoms with van der Waals surface area (Å²) >= 11 is 19.0. The van der Waals surface area contributed by atoms with E-state index in [2.05, 4.69) is 15.5 Å². The average Bonchev–Trinajstić information content (AvgIpc) is 2.77. The van der Waals surface area contributed by atoms with Gasteiger partial charge in [-0.2, -0.15) is 4.98 Å². The predicted molar refractivity (Wildman–Crippen MR) is 131 cm³/mol. The number of nitrogens with one attached hydrogen (secondary N) is 2. The number of benzene rings is 1. The van der Waals surface area contributed by atoms with Crippen LogP contribution >= 0.6 is 34.8 Å². The van der Waals surface area contributed by atoms with E-state index in [0.29, 0.717) is 26.8 Å². The predicted octanol–water partition coefficient (Wildman–Crippen LogP) is 6.13. The summed E-state index contributed by atoms with van der Waals surface area (Å²) in [7, 11) is 0. The minimum absolute atomic E-state index is 0.0757. The van der Waals surface area contributed by atoms with Gasteiger partial charge in [-0.25, -0.2) is 4.98 Å². The summed E-state index contributed by atoms with van der Waals surface area (Å²) in [5.74, 6) is 2.91. The molecule has 8 heteroatoms. The number of hydrogen-bond acceptors (Lipinski definition) is 5. The first-order valence-corrected chi connectivity index (χ1v) is 12.3. The van der Waals surface area contributed by atoms with Crippen LogP contribution in [0.2, 0.25) is 15.1 Å². The Balaban J connectivity index is 1.53. The van der Waals surface area contributed by atoms with Crippen LogP contribution in [0.5, 0.6) is 0 Å². The van der Waals surface area contributed by atoms with Crippen molar-refractivity contribution < 1.29 is 0 Å². The molecule has 2 saturated heterocycles. The van der Waals surface area contributed by atoms with Crippen LogP contribution in [0.25, 0.3) is 0 Å². The molecule has 2 aliphatic heterocycles. The molecule has 2 aliphatic rings. The molecule has 1 aromatic heterocycles. The largest absolute Gasteiger partial charge is 0.362 e. The highest BCUT2D eigenvalue weighted by atomic mass is 35.5. The minimum atomic E-state index is -0.0757. The third-order valence-electron chi connectivity index (χ3n) is 6.58. The molecular formula is C23H30Cl3N5. The summed E-state index contributed by atoms with van der Waals surface area (Å²) in [4.78, 5) is 11.9. The zero-order valence-electron chi connectivity index (χ0n) is 18.1. The number of piperidine rings is 2. The molecule has 0 radical (unpaired) electrons. The highest BCUT2D eigenvalue weighted by molar-refractivity contribution is 6.35. The van der Waals surface area contributed by atoms with E-state index in [1.165, 1.54) is 25.7 Å². The number of rotatable bonds is 5. The van der Waals surface area contributed by atoms with E-state index in [-0.39, 0.29) is 6.04 Å². The lowest BCUT2D eigenvalue weighted by Gasteiger charge is -2.38. The maximum absolute atomic E-state index is 6.58. The third-order valence-corrected chi connectivity index (χ3v) is 7.59. The van der Waals surface area contributed by atoms with Crippen molar-refractivity contribution in [3.63, 3.8) is 0 Å². The van der Waals surface area contributed by atoms with Gasteiger partial charge >= 0.3 is 0 Å². The monoisotopic (exact) mass is 481 g/mol. The van der Waals surface area contributed by atoms with Gasteiger partial charge in [0.15, 0.2) is 5.82 Å². The lowest BCUT2D eigenvalue weighted by Crippen LogP contribution is -2.42. The highest BCUT2D eigenvalue weighted by Gasteiger charge is 2.30. The molecule has 0 bridgehead atoms. The Hall–Kier alpha value is -1.27. The second-order valence-corrected chi connectivity index (χ2v) is 9.96. The van der Waals surface area contributed by atoms with Gasteiger partial charge in [0.1, 0.15) is 5.02 Å². The van der Waals surface area contributed by atoms with Crippen molar-refractivity contribution in [2.24, 2.45) is 11.8 Å². The average molecular weight is 483 g/mol. The molecular weight excluding hydrogens is 453 g/mol. The van der Waals surface area contributed by atoms with Crippen molar-refractivity contribution in [3.8, 4) is 0 Å². The van der Waals surface area contributed by atoms with E-state index in [9.17, 15) is 0 Å². The van der Waals surface area contributed by atoms with Gasteiger partial charge in [0, 0.05) is 23.1 Å². The number of hydrogen-bond donors (Lipinski definition) is 2. The molecule has 5 nitrogen and oxygen atoms in total. The number of aryl methyl sites for hydroxylation is 1. The molecule has 4 rings (SSSR count). The second-order valence-electron chi connectivity index (χ2n) is 8.74. The molecule has 3 heterocycles. The van der Waals surface area contributed by atoms with Crippen LogP contribution < -0.4 is 15.5 Å². The molecule has 1 aromatic carbocycles. The SMILES string of the molecule is Cc1nc(N2CCC[C@H](C3CCNCC3)C2)nc(N[C@H](C)c2ccc(Cl)cc2Cl)c1Cl. The van der Waals surface area contributed by atoms with E-state index in [0.717, 1.165) is 49.3 Å². The molecule has 0 spiro atoms. The zero-order valence-corrected chi connectivity index (χ0v) is 20.4. The summed E-state index contributed by atoms with van der Waals surface area (Å²) < 4.78 is 0. The molecule has 0 aliphatic carbocycles. The van der Waals surface area contributed by atoms with E-state index >= 15 is 0 Å². The molecule has 2 fully saturated rings. The number of halogens is 3. The number of anilines is 2. The quantitative estimate of drug-likeness (QED) is 0.536. The first-order valence-electron chi connectivity index (χ1n) is 11.1. The summed E-state index contributed by atoms with van der Waals surface area (Å²) in [6.45, 7) is 8.25. The van der Waals surface area contributed by atoms with Crippen LogP contribution in [0.1, 0.15) is 49.9 Å². The standard InChI is InChI=1S/C23H30Cl3N5/c1-14(19-6-5-18(24)12-20(19)25)28-22-21(26)15(2)29-23(30-22)31-11-3-4-17(13-31)16-7-9-27-10-8-16/h5-6,12,14,16-17,27H,3-4,7-11,13H2,1-2H3,(H,28,29,30)/t14-,17+/m1/s1. The van der Waals surface area contributed by atoms with Gasteiger partial charge in [-0.05, 0) is 82.2 Å². The van der Waals surface area contributed by atoms with E-state index in [4.69, 9.17) is 44.8 Å². The second kappa shape index (κ2) is 10.1. The maximum Gasteiger partial charge on any atom is 0.227 e. The van der Waals surface area contributed by atoms with Crippen LogP contribution in [0.4, 0.5) is 11.8 Å². The topological polar surface area (TPSA) is 53.1 Å². The maximum atomic E-state index is 6.58. The van der Waals surface area contributed by atoms with Crippen molar-refractivity contribution in [2.45, 2.75) is 45.6 Å². The Bertz CT molecular complexity index is 916.